The van der Waals surface area contributed by atoms with Gasteiger partial charge in [-0.05, 0) is 36.2 Å². The predicted molar refractivity (Wildman–Crippen MR) is 127 cm³/mol. The Morgan fingerprint density at radius 2 is 1.67 bits per heavy atom. The standard InChI is InChI=1S/C26H26ClFN2O3/c1-2-29-26(32)23(16-19-10-4-3-5-11-19)30(17-20-12-6-7-13-21(20)27)25(31)18-33-24-15-9-8-14-22(24)28/h3-15,23H,2,16-18H2,1H3,(H,29,32)/t23-/m1/s1. The summed E-state index contributed by atoms with van der Waals surface area (Å²) in [6, 6.07) is 21.7. The van der Waals surface area contributed by atoms with E-state index in [4.69, 9.17) is 16.3 Å². The van der Waals surface area contributed by atoms with E-state index in [1.54, 1.807) is 30.3 Å². The Kier molecular flexibility index (Phi) is 8.84. The molecule has 0 aliphatic rings. The molecule has 0 unspecified atom stereocenters. The molecule has 1 atom stereocenters. The number of hydrogen-bond acceptors (Lipinski definition) is 3. The maximum Gasteiger partial charge on any atom is 0.261 e. The molecule has 0 spiro atoms. The number of amides is 2. The average Bonchev–Trinajstić information content (AvgIpc) is 2.82. The van der Waals surface area contributed by atoms with E-state index in [1.165, 1.54) is 17.0 Å². The molecule has 0 aromatic heterocycles. The molecule has 0 heterocycles. The van der Waals surface area contributed by atoms with Crippen LogP contribution in [0.25, 0.3) is 0 Å². The third kappa shape index (κ3) is 6.80. The third-order valence-electron chi connectivity index (χ3n) is 5.11. The van der Waals surface area contributed by atoms with Gasteiger partial charge in [-0.2, -0.15) is 0 Å². The summed E-state index contributed by atoms with van der Waals surface area (Å²) in [7, 11) is 0. The first-order chi connectivity index (χ1) is 16.0. The largest absolute Gasteiger partial charge is 0.481 e. The van der Waals surface area contributed by atoms with Crippen LogP contribution < -0.4 is 10.1 Å². The lowest BCUT2D eigenvalue weighted by Gasteiger charge is -2.31. The first kappa shape index (κ1) is 24.3. The molecule has 172 valence electrons. The molecule has 0 aliphatic carbocycles. The van der Waals surface area contributed by atoms with Crippen LogP contribution in [0.4, 0.5) is 4.39 Å². The van der Waals surface area contributed by atoms with Gasteiger partial charge >= 0.3 is 0 Å². The second-order valence-corrected chi connectivity index (χ2v) is 7.84. The van der Waals surface area contributed by atoms with Gasteiger partial charge in [0, 0.05) is 24.5 Å². The fourth-order valence-electron chi connectivity index (χ4n) is 3.44. The van der Waals surface area contributed by atoms with Gasteiger partial charge in [0.1, 0.15) is 6.04 Å². The smallest absolute Gasteiger partial charge is 0.261 e. The van der Waals surface area contributed by atoms with E-state index >= 15 is 0 Å². The van der Waals surface area contributed by atoms with Crippen molar-refractivity contribution in [3.05, 3.63) is 101 Å². The van der Waals surface area contributed by atoms with Gasteiger partial charge in [0.2, 0.25) is 5.91 Å². The summed E-state index contributed by atoms with van der Waals surface area (Å²) in [6.45, 7) is 1.92. The second kappa shape index (κ2) is 12.0. The Labute approximate surface area is 198 Å². The van der Waals surface area contributed by atoms with Crippen LogP contribution in [-0.4, -0.2) is 35.9 Å². The summed E-state index contributed by atoms with van der Waals surface area (Å²) < 4.78 is 19.4. The number of carbonyl (C=O) groups is 2. The third-order valence-corrected chi connectivity index (χ3v) is 5.48. The van der Waals surface area contributed by atoms with Crippen LogP contribution in [0, 0.1) is 5.82 Å². The Morgan fingerprint density at radius 3 is 2.36 bits per heavy atom. The molecule has 0 saturated carbocycles. The fraction of sp³-hybridized carbons (Fsp3) is 0.231. The molecule has 0 saturated heterocycles. The van der Waals surface area contributed by atoms with E-state index in [2.05, 4.69) is 5.32 Å². The van der Waals surface area contributed by atoms with Crippen molar-refractivity contribution in [1.82, 2.24) is 10.2 Å². The summed E-state index contributed by atoms with van der Waals surface area (Å²) in [6.07, 6.45) is 0.308. The minimum Gasteiger partial charge on any atom is -0.481 e. The lowest BCUT2D eigenvalue weighted by molar-refractivity contribution is -0.142. The van der Waals surface area contributed by atoms with Gasteiger partial charge in [0.25, 0.3) is 5.91 Å². The highest BCUT2D eigenvalue weighted by molar-refractivity contribution is 6.31. The number of hydrogen-bond donors (Lipinski definition) is 1. The zero-order valence-electron chi connectivity index (χ0n) is 18.3. The fourth-order valence-corrected chi connectivity index (χ4v) is 3.64. The zero-order valence-corrected chi connectivity index (χ0v) is 19.1. The number of ether oxygens (including phenoxy) is 1. The van der Waals surface area contributed by atoms with Gasteiger partial charge in [-0.25, -0.2) is 4.39 Å². The number of para-hydroxylation sites is 1. The van der Waals surface area contributed by atoms with E-state index in [-0.39, 0.29) is 18.2 Å². The van der Waals surface area contributed by atoms with E-state index < -0.39 is 24.4 Å². The van der Waals surface area contributed by atoms with Gasteiger partial charge < -0.3 is 15.0 Å². The summed E-state index contributed by atoms with van der Waals surface area (Å²) >= 11 is 6.35. The lowest BCUT2D eigenvalue weighted by Crippen LogP contribution is -2.51. The minimum absolute atomic E-state index is 0.0267. The first-order valence-electron chi connectivity index (χ1n) is 10.7. The van der Waals surface area contributed by atoms with Crippen LogP contribution >= 0.6 is 11.6 Å². The second-order valence-electron chi connectivity index (χ2n) is 7.43. The Balaban J connectivity index is 1.91. The minimum atomic E-state index is -0.805. The average molecular weight is 469 g/mol. The van der Waals surface area contributed by atoms with Crippen molar-refractivity contribution >= 4 is 23.4 Å². The molecule has 0 radical (unpaired) electrons. The molecule has 1 N–H and O–H groups in total. The summed E-state index contributed by atoms with van der Waals surface area (Å²) in [5.41, 5.74) is 1.60. The highest BCUT2D eigenvalue weighted by atomic mass is 35.5. The van der Waals surface area contributed by atoms with Gasteiger partial charge in [0.15, 0.2) is 18.2 Å². The number of nitrogens with zero attached hydrogens (tertiary/aromatic N) is 1. The molecule has 0 aliphatic heterocycles. The van der Waals surface area contributed by atoms with E-state index in [0.29, 0.717) is 23.6 Å². The SMILES string of the molecule is CCNC(=O)[C@@H](Cc1ccccc1)N(Cc1ccccc1Cl)C(=O)COc1ccccc1F. The van der Waals surface area contributed by atoms with Gasteiger partial charge in [-0.1, -0.05) is 72.3 Å². The Hall–Kier alpha value is -3.38. The first-order valence-corrected chi connectivity index (χ1v) is 11.1. The topological polar surface area (TPSA) is 58.6 Å². The van der Waals surface area contributed by atoms with Crippen LogP contribution in [0.5, 0.6) is 5.75 Å². The number of halogens is 2. The molecule has 3 rings (SSSR count). The maximum atomic E-state index is 14.0. The van der Waals surface area contributed by atoms with Crippen LogP contribution in [-0.2, 0) is 22.6 Å². The molecule has 3 aromatic carbocycles. The highest BCUT2D eigenvalue weighted by Gasteiger charge is 2.31. The van der Waals surface area contributed by atoms with E-state index in [0.717, 1.165) is 5.56 Å². The van der Waals surface area contributed by atoms with Crippen LogP contribution in [0.2, 0.25) is 5.02 Å². The molecular weight excluding hydrogens is 443 g/mol. The molecule has 3 aromatic rings. The van der Waals surface area contributed by atoms with Crippen LogP contribution in [0.1, 0.15) is 18.1 Å². The summed E-state index contributed by atoms with van der Waals surface area (Å²) in [5, 5.41) is 3.30. The van der Waals surface area contributed by atoms with Crippen molar-refractivity contribution in [1.29, 1.82) is 0 Å². The number of likely N-dealkylation sites (N-methyl/N-ethyl adjacent to an activating group) is 1. The summed E-state index contributed by atoms with van der Waals surface area (Å²) in [5.74, 6) is -1.33. The normalized spacial score (nSPS) is 11.5. The maximum absolute atomic E-state index is 14.0. The van der Waals surface area contributed by atoms with Crippen molar-refractivity contribution in [3.63, 3.8) is 0 Å². The molecule has 2 amide bonds. The van der Waals surface area contributed by atoms with Crippen molar-refractivity contribution in [2.24, 2.45) is 0 Å². The number of carbonyl (C=O) groups excluding carboxylic acids is 2. The zero-order chi connectivity index (χ0) is 23.6. The van der Waals surface area contributed by atoms with Gasteiger partial charge in [0.05, 0.1) is 0 Å². The van der Waals surface area contributed by atoms with Gasteiger partial charge in [-0.3, -0.25) is 9.59 Å². The van der Waals surface area contributed by atoms with Crippen molar-refractivity contribution in [2.75, 3.05) is 13.2 Å². The summed E-state index contributed by atoms with van der Waals surface area (Å²) in [4.78, 5) is 27.8. The Morgan fingerprint density at radius 1 is 1.00 bits per heavy atom. The van der Waals surface area contributed by atoms with E-state index in [1.807, 2.05) is 43.3 Å². The molecule has 5 nitrogen and oxygen atoms in total. The quantitative estimate of drug-likeness (QED) is 0.472. The van der Waals surface area contributed by atoms with Crippen molar-refractivity contribution in [2.45, 2.75) is 25.9 Å². The highest BCUT2D eigenvalue weighted by Crippen LogP contribution is 2.21. The van der Waals surface area contributed by atoms with Crippen molar-refractivity contribution < 1.29 is 18.7 Å². The molecule has 33 heavy (non-hydrogen) atoms. The number of benzene rings is 3. The van der Waals surface area contributed by atoms with Gasteiger partial charge in [-0.15, -0.1) is 0 Å². The van der Waals surface area contributed by atoms with Crippen molar-refractivity contribution in [3.8, 4) is 5.75 Å². The number of nitrogens with one attached hydrogen (secondary N) is 1. The molecule has 0 bridgehead atoms. The predicted octanol–water partition coefficient (Wildman–Crippen LogP) is 4.63. The number of rotatable bonds is 10. The van der Waals surface area contributed by atoms with Crippen LogP contribution in [0.15, 0.2) is 78.9 Å². The Bertz CT molecular complexity index is 1080. The van der Waals surface area contributed by atoms with E-state index in [9.17, 15) is 14.0 Å². The molecule has 0 fully saturated rings. The van der Waals surface area contributed by atoms with Crippen LogP contribution in [0.3, 0.4) is 0 Å². The monoisotopic (exact) mass is 468 g/mol. The molecular formula is C26H26ClFN2O3. The lowest BCUT2D eigenvalue weighted by atomic mass is 10.0. The molecule has 7 heteroatoms.